The van der Waals surface area contributed by atoms with Crippen LogP contribution in [0.5, 0.6) is 0 Å². The molecule has 1 amide bonds. The first-order chi connectivity index (χ1) is 12.6. The van der Waals surface area contributed by atoms with Gasteiger partial charge in [-0.1, -0.05) is 11.8 Å². The molecule has 26 heavy (non-hydrogen) atoms. The van der Waals surface area contributed by atoms with Crippen LogP contribution < -0.4 is 5.32 Å². The number of anilines is 1. The van der Waals surface area contributed by atoms with E-state index in [1.54, 1.807) is 42.5 Å². The van der Waals surface area contributed by atoms with E-state index in [2.05, 4.69) is 17.2 Å². The summed E-state index contributed by atoms with van der Waals surface area (Å²) in [6.07, 6.45) is 1.51. The molecule has 4 nitrogen and oxygen atoms in total. The van der Waals surface area contributed by atoms with Crippen LogP contribution in [0.3, 0.4) is 0 Å². The SMILES string of the molecule is N#CC(C(=O)Nc1ccc(C#Cc2ccc(F)cc2)cc1)C(=O)C1CC1. The summed E-state index contributed by atoms with van der Waals surface area (Å²) in [6.45, 7) is 0. The molecule has 3 rings (SSSR count). The van der Waals surface area contributed by atoms with Gasteiger partial charge in [0.05, 0.1) is 6.07 Å². The first-order valence-electron chi connectivity index (χ1n) is 8.18. The number of nitrogens with zero attached hydrogens (tertiary/aromatic N) is 1. The Balaban J connectivity index is 1.64. The molecule has 1 N–H and O–H groups in total. The topological polar surface area (TPSA) is 70.0 Å². The molecule has 2 aromatic carbocycles. The zero-order valence-corrected chi connectivity index (χ0v) is 13.8. The van der Waals surface area contributed by atoms with Crippen molar-refractivity contribution in [2.75, 3.05) is 5.32 Å². The number of ketones is 1. The molecule has 0 spiro atoms. The Morgan fingerprint density at radius 3 is 2.04 bits per heavy atom. The zero-order chi connectivity index (χ0) is 18.5. The van der Waals surface area contributed by atoms with Gasteiger partial charge in [-0.3, -0.25) is 9.59 Å². The van der Waals surface area contributed by atoms with Crippen molar-refractivity contribution in [3.8, 4) is 17.9 Å². The van der Waals surface area contributed by atoms with Crippen molar-refractivity contribution in [3.05, 3.63) is 65.5 Å². The number of nitriles is 1. The third kappa shape index (κ3) is 4.34. The highest BCUT2D eigenvalue weighted by Gasteiger charge is 2.38. The van der Waals surface area contributed by atoms with E-state index >= 15 is 0 Å². The number of carbonyl (C=O) groups is 2. The second kappa shape index (κ2) is 7.63. The van der Waals surface area contributed by atoms with Crippen molar-refractivity contribution >= 4 is 17.4 Å². The van der Waals surface area contributed by atoms with Crippen molar-refractivity contribution in [2.24, 2.45) is 11.8 Å². The van der Waals surface area contributed by atoms with Crippen LogP contribution in [0.1, 0.15) is 24.0 Å². The average molecular weight is 346 g/mol. The molecule has 1 aliphatic carbocycles. The molecule has 0 aromatic heterocycles. The number of Topliss-reactive ketones (excluding diaryl/α,β-unsaturated/α-hetero) is 1. The first kappa shape index (κ1) is 17.4. The van der Waals surface area contributed by atoms with Gasteiger partial charge in [-0.05, 0) is 61.4 Å². The van der Waals surface area contributed by atoms with Crippen molar-refractivity contribution in [1.29, 1.82) is 5.26 Å². The summed E-state index contributed by atoms with van der Waals surface area (Å²) in [5.74, 6) is 3.24. The Kier molecular flexibility index (Phi) is 5.10. The fraction of sp³-hybridized carbons (Fsp3) is 0.190. The van der Waals surface area contributed by atoms with Gasteiger partial charge in [0.1, 0.15) is 5.82 Å². The lowest BCUT2D eigenvalue weighted by atomic mass is 10.0. The van der Waals surface area contributed by atoms with Crippen LogP contribution in [0.4, 0.5) is 10.1 Å². The summed E-state index contributed by atoms with van der Waals surface area (Å²) in [5.41, 5.74) is 1.91. The van der Waals surface area contributed by atoms with Crippen molar-refractivity contribution < 1.29 is 14.0 Å². The van der Waals surface area contributed by atoms with E-state index in [0.29, 0.717) is 11.3 Å². The lowest BCUT2D eigenvalue weighted by Crippen LogP contribution is -2.29. The summed E-state index contributed by atoms with van der Waals surface area (Å²) in [7, 11) is 0. The Hall–Kier alpha value is -3.44. The number of amides is 1. The summed E-state index contributed by atoms with van der Waals surface area (Å²) in [4.78, 5) is 24.1. The third-order valence-electron chi connectivity index (χ3n) is 4.00. The smallest absolute Gasteiger partial charge is 0.249 e. The quantitative estimate of drug-likeness (QED) is 0.682. The normalized spacial score (nSPS) is 13.7. The van der Waals surface area contributed by atoms with E-state index in [4.69, 9.17) is 5.26 Å². The van der Waals surface area contributed by atoms with E-state index in [1.165, 1.54) is 12.1 Å². The fourth-order valence-corrected chi connectivity index (χ4v) is 2.38. The predicted octanol–water partition coefficient (Wildman–Crippen LogP) is 3.28. The lowest BCUT2D eigenvalue weighted by molar-refractivity contribution is -0.129. The minimum atomic E-state index is -1.26. The molecule has 1 saturated carbocycles. The molecule has 1 unspecified atom stereocenters. The van der Waals surface area contributed by atoms with Crippen LogP contribution in [0, 0.1) is 40.8 Å². The second-order valence-corrected chi connectivity index (χ2v) is 6.06. The maximum atomic E-state index is 12.9. The number of rotatable bonds is 4. The monoisotopic (exact) mass is 346 g/mol. The number of hydrogen-bond acceptors (Lipinski definition) is 3. The first-order valence-corrected chi connectivity index (χ1v) is 8.18. The van der Waals surface area contributed by atoms with Crippen molar-refractivity contribution in [1.82, 2.24) is 0 Å². The molecular weight excluding hydrogens is 331 g/mol. The van der Waals surface area contributed by atoms with Gasteiger partial charge in [0.15, 0.2) is 11.7 Å². The molecule has 0 bridgehead atoms. The van der Waals surface area contributed by atoms with Crippen LogP contribution in [0.25, 0.3) is 0 Å². The summed E-state index contributed by atoms with van der Waals surface area (Å²) < 4.78 is 12.9. The van der Waals surface area contributed by atoms with Gasteiger partial charge in [0.2, 0.25) is 5.91 Å². The van der Waals surface area contributed by atoms with Gasteiger partial charge in [-0.15, -0.1) is 0 Å². The summed E-state index contributed by atoms with van der Waals surface area (Å²) >= 11 is 0. The van der Waals surface area contributed by atoms with Crippen LogP contribution in [-0.2, 0) is 9.59 Å². The molecule has 1 atom stereocenters. The molecule has 0 aliphatic heterocycles. The molecule has 0 saturated heterocycles. The Morgan fingerprint density at radius 2 is 1.54 bits per heavy atom. The minimum absolute atomic E-state index is 0.144. The largest absolute Gasteiger partial charge is 0.325 e. The molecule has 1 fully saturated rings. The van der Waals surface area contributed by atoms with Crippen LogP contribution in [-0.4, -0.2) is 11.7 Å². The Morgan fingerprint density at radius 1 is 1.00 bits per heavy atom. The molecule has 1 aliphatic rings. The van der Waals surface area contributed by atoms with Crippen molar-refractivity contribution in [2.45, 2.75) is 12.8 Å². The third-order valence-corrected chi connectivity index (χ3v) is 4.00. The Bertz CT molecular complexity index is 927. The molecule has 5 heteroatoms. The molecule has 0 radical (unpaired) electrons. The van der Waals surface area contributed by atoms with E-state index in [-0.39, 0.29) is 17.5 Å². The van der Waals surface area contributed by atoms with E-state index in [9.17, 15) is 14.0 Å². The molecule has 0 heterocycles. The summed E-state index contributed by atoms with van der Waals surface area (Å²) in [6, 6.07) is 14.4. The average Bonchev–Trinajstić information content (AvgIpc) is 3.48. The maximum absolute atomic E-state index is 12.9. The summed E-state index contributed by atoms with van der Waals surface area (Å²) in [5, 5.41) is 11.7. The van der Waals surface area contributed by atoms with Crippen LogP contribution in [0.2, 0.25) is 0 Å². The van der Waals surface area contributed by atoms with Crippen LogP contribution in [0.15, 0.2) is 48.5 Å². The predicted molar refractivity (Wildman–Crippen MR) is 94.3 cm³/mol. The van der Waals surface area contributed by atoms with Crippen molar-refractivity contribution in [3.63, 3.8) is 0 Å². The van der Waals surface area contributed by atoms with Gasteiger partial charge >= 0.3 is 0 Å². The van der Waals surface area contributed by atoms with E-state index in [0.717, 1.165) is 18.4 Å². The number of halogens is 1. The van der Waals surface area contributed by atoms with Gasteiger partial charge < -0.3 is 5.32 Å². The zero-order valence-electron chi connectivity index (χ0n) is 13.8. The highest BCUT2D eigenvalue weighted by atomic mass is 19.1. The van der Waals surface area contributed by atoms with Gasteiger partial charge in [-0.25, -0.2) is 4.39 Å². The Labute approximate surface area is 150 Å². The second-order valence-electron chi connectivity index (χ2n) is 6.06. The fourth-order valence-electron chi connectivity index (χ4n) is 2.38. The number of hydrogen-bond donors (Lipinski definition) is 1. The van der Waals surface area contributed by atoms with E-state index < -0.39 is 11.8 Å². The van der Waals surface area contributed by atoms with E-state index in [1.807, 2.05) is 0 Å². The lowest BCUT2D eigenvalue weighted by Gasteiger charge is -2.09. The highest BCUT2D eigenvalue weighted by molar-refractivity contribution is 6.10. The van der Waals surface area contributed by atoms with Crippen LogP contribution >= 0.6 is 0 Å². The molecular formula is C21H15FN2O2. The molecule has 128 valence electrons. The minimum Gasteiger partial charge on any atom is -0.325 e. The number of carbonyl (C=O) groups excluding carboxylic acids is 2. The van der Waals surface area contributed by atoms with Gasteiger partial charge in [-0.2, -0.15) is 5.26 Å². The highest BCUT2D eigenvalue weighted by Crippen LogP contribution is 2.32. The van der Waals surface area contributed by atoms with Gasteiger partial charge in [0, 0.05) is 22.7 Å². The molecule has 2 aromatic rings. The van der Waals surface area contributed by atoms with Gasteiger partial charge in [0.25, 0.3) is 0 Å². The number of benzene rings is 2. The number of nitrogens with one attached hydrogen (secondary N) is 1. The standard InChI is InChI=1S/C21H15FN2O2/c22-17-9-3-14(4-10-17)1-2-15-5-11-18(12-6-15)24-21(26)19(13-23)20(25)16-7-8-16/h3-6,9-12,16,19H,7-8H2,(H,24,26). The maximum Gasteiger partial charge on any atom is 0.249 e.